The fourth-order valence-electron chi connectivity index (χ4n) is 3.00. The summed E-state index contributed by atoms with van der Waals surface area (Å²) in [5.41, 5.74) is 5.62. The Morgan fingerprint density at radius 1 is 1.43 bits per heavy atom. The van der Waals surface area contributed by atoms with E-state index in [9.17, 15) is 8.78 Å². The van der Waals surface area contributed by atoms with Crippen LogP contribution in [-0.2, 0) is 0 Å². The van der Waals surface area contributed by atoms with Crippen LogP contribution in [0.3, 0.4) is 0 Å². The van der Waals surface area contributed by atoms with Gasteiger partial charge in [-0.15, -0.1) is 0 Å². The van der Waals surface area contributed by atoms with Crippen molar-refractivity contribution in [2.24, 2.45) is 5.73 Å². The van der Waals surface area contributed by atoms with Gasteiger partial charge in [0.2, 0.25) is 0 Å². The fraction of sp³-hybridized carbons (Fsp3) is 0.533. The zero-order valence-electron chi connectivity index (χ0n) is 12.4. The number of benzene rings is 1. The van der Waals surface area contributed by atoms with E-state index in [1.807, 2.05) is 0 Å². The Bertz CT molecular complexity index is 513. The highest BCUT2D eigenvalue weighted by Crippen LogP contribution is 2.26. The second-order valence-electron chi connectivity index (χ2n) is 5.46. The molecule has 2 rings (SSSR count). The molecule has 0 amide bonds. The molecule has 0 aromatic heterocycles. The fourth-order valence-corrected chi connectivity index (χ4v) is 3.12. The Morgan fingerprint density at radius 2 is 2.05 bits per heavy atom. The molecular weight excluding hydrogens is 292 g/mol. The van der Waals surface area contributed by atoms with E-state index >= 15 is 0 Å². The molecule has 1 saturated heterocycles. The zero-order chi connectivity index (χ0) is 15.6. The summed E-state index contributed by atoms with van der Waals surface area (Å²) in [6, 6.07) is 2.74. The summed E-state index contributed by atoms with van der Waals surface area (Å²) < 4.78 is 28.3. The molecule has 116 valence electrons. The number of likely N-dealkylation sites (N-methyl/N-ethyl adjacent to an activating group) is 2. The second-order valence-corrected chi connectivity index (χ2v) is 5.90. The van der Waals surface area contributed by atoms with E-state index in [-0.39, 0.29) is 16.2 Å². The predicted octanol–water partition coefficient (Wildman–Crippen LogP) is 2.52. The number of hydrogen-bond donors (Lipinski definition) is 1. The monoisotopic (exact) mass is 313 g/mol. The lowest BCUT2D eigenvalue weighted by molar-refractivity contribution is 0.270. The first-order valence-corrected chi connectivity index (χ1v) is 7.59. The molecule has 3 nitrogen and oxygen atoms in total. The van der Waals surface area contributed by atoms with Gasteiger partial charge in [0.15, 0.2) is 0 Å². The quantitative estimate of drug-likeness (QED) is 0.847. The molecule has 1 heterocycles. The van der Waals surface area contributed by atoms with Crippen LogP contribution in [0.4, 0.5) is 14.5 Å². The third kappa shape index (κ3) is 3.49. The highest BCUT2D eigenvalue weighted by Gasteiger charge is 2.26. The number of nitrogens with two attached hydrogens (primary N) is 1. The van der Waals surface area contributed by atoms with Crippen LogP contribution in [0, 0.1) is 11.6 Å². The second kappa shape index (κ2) is 6.66. The van der Waals surface area contributed by atoms with Crippen molar-refractivity contribution in [2.45, 2.75) is 25.8 Å². The van der Waals surface area contributed by atoms with Crippen molar-refractivity contribution in [3.63, 3.8) is 0 Å². The maximum Gasteiger partial charge on any atom is 0.150 e. The van der Waals surface area contributed by atoms with E-state index in [1.165, 1.54) is 12.1 Å². The lowest BCUT2D eigenvalue weighted by atomic mass is 10.1. The highest BCUT2D eigenvalue weighted by atomic mass is 32.1. The molecule has 0 spiro atoms. The first kappa shape index (κ1) is 16.1. The molecule has 1 atom stereocenters. The van der Waals surface area contributed by atoms with Gasteiger partial charge < -0.3 is 10.6 Å². The lowest BCUT2D eigenvalue weighted by Crippen LogP contribution is -2.39. The van der Waals surface area contributed by atoms with Crippen LogP contribution in [0.25, 0.3) is 0 Å². The van der Waals surface area contributed by atoms with Crippen LogP contribution in [0.2, 0.25) is 0 Å². The Morgan fingerprint density at radius 3 is 2.57 bits per heavy atom. The van der Waals surface area contributed by atoms with Gasteiger partial charge in [0, 0.05) is 25.2 Å². The summed E-state index contributed by atoms with van der Waals surface area (Å²) in [6.07, 6.45) is 2.20. The van der Waals surface area contributed by atoms with Crippen molar-refractivity contribution in [2.75, 3.05) is 31.6 Å². The average molecular weight is 313 g/mol. The van der Waals surface area contributed by atoms with Gasteiger partial charge in [-0.2, -0.15) is 0 Å². The molecule has 2 N–H and O–H groups in total. The minimum atomic E-state index is -0.624. The molecule has 6 heteroatoms. The van der Waals surface area contributed by atoms with Crippen LogP contribution in [0.15, 0.2) is 12.1 Å². The molecule has 1 aliphatic rings. The normalized spacial score (nSPS) is 19.0. The zero-order valence-corrected chi connectivity index (χ0v) is 13.2. The Labute approximate surface area is 129 Å². The number of halogens is 2. The maximum atomic E-state index is 14.2. The standard InChI is InChI=1S/C15H21F2N3S/c1-3-20-6-4-5-11(20)9-19(2)14-12(16)7-10(15(18)21)8-13(14)17/h7-8,11H,3-6,9H2,1-2H3,(H2,18,21). The third-order valence-corrected chi connectivity index (χ3v) is 4.31. The van der Waals surface area contributed by atoms with E-state index in [2.05, 4.69) is 11.8 Å². The molecule has 1 aromatic carbocycles. The van der Waals surface area contributed by atoms with Gasteiger partial charge in [-0.05, 0) is 38.1 Å². The Kier molecular flexibility index (Phi) is 5.11. The van der Waals surface area contributed by atoms with Crippen LogP contribution < -0.4 is 10.6 Å². The van der Waals surface area contributed by atoms with Gasteiger partial charge in [-0.25, -0.2) is 8.78 Å². The van der Waals surface area contributed by atoms with Crippen molar-refractivity contribution in [1.29, 1.82) is 0 Å². The Hall–Kier alpha value is -1.27. The molecule has 1 unspecified atom stereocenters. The molecule has 0 saturated carbocycles. The van der Waals surface area contributed by atoms with E-state index in [0.717, 1.165) is 25.9 Å². The molecule has 1 aliphatic heterocycles. The number of nitrogens with zero attached hydrogens (tertiary/aromatic N) is 2. The molecule has 21 heavy (non-hydrogen) atoms. The summed E-state index contributed by atoms with van der Waals surface area (Å²) in [4.78, 5) is 3.98. The molecule has 1 aromatic rings. The summed E-state index contributed by atoms with van der Waals surface area (Å²) in [5, 5.41) is 0. The van der Waals surface area contributed by atoms with Crippen LogP contribution in [-0.4, -0.2) is 42.6 Å². The largest absolute Gasteiger partial charge is 0.389 e. The summed E-state index contributed by atoms with van der Waals surface area (Å²) >= 11 is 4.76. The number of hydrogen-bond acceptors (Lipinski definition) is 3. The topological polar surface area (TPSA) is 32.5 Å². The third-order valence-electron chi connectivity index (χ3n) is 4.07. The number of likely N-dealkylation sites (tertiary alicyclic amines) is 1. The highest BCUT2D eigenvalue weighted by molar-refractivity contribution is 7.80. The van der Waals surface area contributed by atoms with Crippen molar-refractivity contribution < 1.29 is 8.78 Å². The minimum absolute atomic E-state index is 0.00467. The number of thiocarbonyl (C=S) groups is 1. The molecule has 0 aliphatic carbocycles. The molecule has 0 bridgehead atoms. The van der Waals surface area contributed by atoms with Crippen LogP contribution >= 0.6 is 12.2 Å². The van der Waals surface area contributed by atoms with Gasteiger partial charge in [-0.3, -0.25) is 4.90 Å². The summed E-state index contributed by atoms with van der Waals surface area (Å²) in [6.45, 7) is 4.73. The Balaban J connectivity index is 2.19. The first-order valence-electron chi connectivity index (χ1n) is 7.18. The number of rotatable bonds is 5. The molecular formula is C15H21F2N3S. The lowest BCUT2D eigenvalue weighted by Gasteiger charge is -2.29. The van der Waals surface area contributed by atoms with Crippen LogP contribution in [0.1, 0.15) is 25.3 Å². The predicted molar refractivity (Wildman–Crippen MR) is 85.8 cm³/mol. The van der Waals surface area contributed by atoms with Crippen LogP contribution in [0.5, 0.6) is 0 Å². The summed E-state index contributed by atoms with van der Waals surface area (Å²) in [5.74, 6) is -1.25. The van der Waals surface area contributed by atoms with Gasteiger partial charge in [0.25, 0.3) is 0 Å². The maximum absolute atomic E-state index is 14.2. The minimum Gasteiger partial charge on any atom is -0.389 e. The number of anilines is 1. The van der Waals surface area contributed by atoms with E-state index in [4.69, 9.17) is 18.0 Å². The van der Waals surface area contributed by atoms with Gasteiger partial charge in [0.05, 0.1) is 0 Å². The molecule has 1 fully saturated rings. The van der Waals surface area contributed by atoms with Gasteiger partial charge in [0.1, 0.15) is 22.3 Å². The van der Waals surface area contributed by atoms with Crippen molar-refractivity contribution >= 4 is 22.9 Å². The van der Waals surface area contributed by atoms with E-state index in [1.54, 1.807) is 11.9 Å². The summed E-state index contributed by atoms with van der Waals surface area (Å²) in [7, 11) is 1.72. The van der Waals surface area contributed by atoms with Gasteiger partial charge >= 0.3 is 0 Å². The average Bonchev–Trinajstić information content (AvgIpc) is 2.84. The van der Waals surface area contributed by atoms with E-state index in [0.29, 0.717) is 12.6 Å². The van der Waals surface area contributed by atoms with Crippen molar-refractivity contribution in [3.8, 4) is 0 Å². The molecule has 0 radical (unpaired) electrons. The van der Waals surface area contributed by atoms with E-state index < -0.39 is 11.6 Å². The van der Waals surface area contributed by atoms with Crippen molar-refractivity contribution in [3.05, 3.63) is 29.3 Å². The van der Waals surface area contributed by atoms with Gasteiger partial charge in [-0.1, -0.05) is 19.1 Å². The van der Waals surface area contributed by atoms with Crippen molar-refractivity contribution in [1.82, 2.24) is 4.90 Å². The smallest absolute Gasteiger partial charge is 0.150 e. The SMILES string of the molecule is CCN1CCCC1CN(C)c1c(F)cc(C(N)=S)cc1F. The first-order chi connectivity index (χ1) is 9.93.